The Morgan fingerprint density at radius 2 is 1.79 bits per heavy atom. The van der Waals surface area contributed by atoms with Gasteiger partial charge in [0.25, 0.3) is 0 Å². The zero-order valence-electron chi connectivity index (χ0n) is 9.95. The normalized spacial score (nSPS) is 14.8. The third kappa shape index (κ3) is 5.58. The molecule has 14 heavy (non-hydrogen) atoms. The summed E-state index contributed by atoms with van der Waals surface area (Å²) in [6.07, 6.45) is 4.03. The van der Waals surface area contributed by atoms with Gasteiger partial charge in [0.15, 0.2) is 0 Å². The van der Waals surface area contributed by atoms with Crippen LogP contribution >= 0.6 is 0 Å². The first kappa shape index (κ1) is 13.9. The predicted octanol–water partition coefficient (Wildman–Crippen LogP) is 1.94. The first-order valence-electron chi connectivity index (χ1n) is 5.56. The van der Waals surface area contributed by atoms with Crippen LogP contribution in [0.15, 0.2) is 0 Å². The second-order valence-corrected chi connectivity index (χ2v) is 4.38. The SMILES string of the molecule is CCCCCCN(C(C)O)C(C)(C)O. The average molecular weight is 203 g/mol. The van der Waals surface area contributed by atoms with Crippen LogP contribution in [0.4, 0.5) is 0 Å². The molecule has 0 saturated carbocycles. The highest BCUT2D eigenvalue weighted by Crippen LogP contribution is 2.14. The molecule has 0 aromatic carbocycles. The number of hydrogen-bond acceptors (Lipinski definition) is 3. The van der Waals surface area contributed by atoms with Crippen molar-refractivity contribution in [2.75, 3.05) is 6.54 Å². The van der Waals surface area contributed by atoms with E-state index >= 15 is 0 Å². The Morgan fingerprint density at radius 1 is 1.21 bits per heavy atom. The monoisotopic (exact) mass is 203 g/mol. The second-order valence-electron chi connectivity index (χ2n) is 4.38. The lowest BCUT2D eigenvalue weighted by molar-refractivity contribution is -0.150. The third-order valence-corrected chi connectivity index (χ3v) is 2.41. The molecule has 0 amide bonds. The number of rotatable bonds is 7. The first-order valence-corrected chi connectivity index (χ1v) is 5.56. The van der Waals surface area contributed by atoms with E-state index in [0.717, 1.165) is 19.4 Å². The van der Waals surface area contributed by atoms with Crippen LogP contribution in [0.3, 0.4) is 0 Å². The maximum absolute atomic E-state index is 9.77. The Kier molecular flexibility index (Phi) is 6.33. The van der Waals surface area contributed by atoms with Gasteiger partial charge in [-0.3, -0.25) is 4.90 Å². The summed E-state index contributed by atoms with van der Waals surface area (Å²) < 4.78 is 0. The van der Waals surface area contributed by atoms with E-state index in [1.165, 1.54) is 12.8 Å². The summed E-state index contributed by atoms with van der Waals surface area (Å²) in [4.78, 5) is 1.71. The molecular formula is C11H25NO2. The molecule has 3 nitrogen and oxygen atoms in total. The lowest BCUT2D eigenvalue weighted by Crippen LogP contribution is -2.49. The van der Waals surface area contributed by atoms with E-state index < -0.39 is 12.0 Å². The van der Waals surface area contributed by atoms with Gasteiger partial charge in [-0.2, -0.15) is 0 Å². The van der Waals surface area contributed by atoms with Crippen molar-refractivity contribution in [2.45, 2.75) is 65.3 Å². The molecular weight excluding hydrogens is 178 g/mol. The Bertz CT molecular complexity index is 141. The third-order valence-electron chi connectivity index (χ3n) is 2.41. The smallest absolute Gasteiger partial charge is 0.114 e. The Balaban J connectivity index is 3.87. The minimum atomic E-state index is -0.930. The van der Waals surface area contributed by atoms with Gasteiger partial charge >= 0.3 is 0 Å². The molecule has 0 radical (unpaired) electrons. The van der Waals surface area contributed by atoms with E-state index in [1.54, 1.807) is 25.7 Å². The topological polar surface area (TPSA) is 43.7 Å². The molecule has 0 rings (SSSR count). The molecule has 0 aliphatic heterocycles. The van der Waals surface area contributed by atoms with Crippen LogP contribution in [0.25, 0.3) is 0 Å². The molecule has 0 aliphatic rings. The fraction of sp³-hybridized carbons (Fsp3) is 1.00. The van der Waals surface area contributed by atoms with Crippen molar-refractivity contribution in [1.29, 1.82) is 0 Å². The average Bonchev–Trinajstić information content (AvgIpc) is 2.01. The van der Waals surface area contributed by atoms with Gasteiger partial charge in [0.05, 0.1) is 0 Å². The summed E-state index contributed by atoms with van der Waals surface area (Å²) in [5.41, 5.74) is -0.930. The summed E-state index contributed by atoms with van der Waals surface area (Å²) >= 11 is 0. The first-order chi connectivity index (χ1) is 6.39. The Morgan fingerprint density at radius 3 is 2.14 bits per heavy atom. The van der Waals surface area contributed by atoms with Crippen molar-refractivity contribution in [3.8, 4) is 0 Å². The van der Waals surface area contributed by atoms with Gasteiger partial charge in [-0.15, -0.1) is 0 Å². The van der Waals surface area contributed by atoms with Gasteiger partial charge in [-0.25, -0.2) is 0 Å². The highest BCUT2D eigenvalue weighted by Gasteiger charge is 2.26. The van der Waals surface area contributed by atoms with E-state index in [0.29, 0.717) is 0 Å². The molecule has 3 heteroatoms. The van der Waals surface area contributed by atoms with Crippen LogP contribution in [0.1, 0.15) is 53.4 Å². The fourth-order valence-corrected chi connectivity index (χ4v) is 1.63. The minimum absolute atomic E-state index is 0.586. The zero-order valence-corrected chi connectivity index (χ0v) is 9.95. The van der Waals surface area contributed by atoms with Gasteiger partial charge in [-0.1, -0.05) is 26.2 Å². The molecule has 0 saturated heterocycles. The van der Waals surface area contributed by atoms with E-state index in [-0.39, 0.29) is 0 Å². The zero-order chi connectivity index (χ0) is 11.2. The molecule has 0 aromatic heterocycles. The van der Waals surface area contributed by atoms with Gasteiger partial charge in [0.2, 0.25) is 0 Å². The van der Waals surface area contributed by atoms with Crippen LogP contribution < -0.4 is 0 Å². The number of nitrogens with zero attached hydrogens (tertiary/aromatic N) is 1. The summed E-state index contributed by atoms with van der Waals surface area (Å²) in [5.74, 6) is 0. The molecule has 0 aromatic rings. The summed E-state index contributed by atoms with van der Waals surface area (Å²) in [7, 11) is 0. The standard InChI is InChI=1S/C11H25NO2/c1-5-6-7-8-9-12(10(2)13)11(3,4)14/h10,13-14H,5-9H2,1-4H3. The largest absolute Gasteiger partial charge is 0.379 e. The van der Waals surface area contributed by atoms with E-state index in [2.05, 4.69) is 6.92 Å². The summed E-state index contributed by atoms with van der Waals surface area (Å²) in [6.45, 7) is 8.03. The number of unbranched alkanes of at least 4 members (excludes halogenated alkanes) is 3. The Hall–Kier alpha value is -0.120. The fourth-order valence-electron chi connectivity index (χ4n) is 1.63. The molecule has 0 aliphatic carbocycles. The van der Waals surface area contributed by atoms with Crippen LogP contribution in [-0.4, -0.2) is 33.6 Å². The number of aliphatic hydroxyl groups excluding tert-OH is 1. The molecule has 0 bridgehead atoms. The minimum Gasteiger partial charge on any atom is -0.379 e. The second kappa shape index (κ2) is 6.38. The van der Waals surface area contributed by atoms with Crippen LogP contribution in [0.5, 0.6) is 0 Å². The van der Waals surface area contributed by atoms with Crippen LogP contribution in [-0.2, 0) is 0 Å². The molecule has 1 atom stereocenters. The van der Waals surface area contributed by atoms with Gasteiger partial charge in [0, 0.05) is 6.54 Å². The maximum atomic E-state index is 9.77. The summed E-state index contributed by atoms with van der Waals surface area (Å²) in [6, 6.07) is 0. The lowest BCUT2D eigenvalue weighted by Gasteiger charge is -2.36. The number of hydrogen-bond donors (Lipinski definition) is 2. The van der Waals surface area contributed by atoms with Crippen molar-refractivity contribution in [3.63, 3.8) is 0 Å². The molecule has 1 unspecified atom stereocenters. The molecule has 0 fully saturated rings. The highest BCUT2D eigenvalue weighted by molar-refractivity contribution is 4.70. The number of aliphatic hydroxyl groups is 2. The maximum Gasteiger partial charge on any atom is 0.114 e. The van der Waals surface area contributed by atoms with Crippen molar-refractivity contribution in [1.82, 2.24) is 4.90 Å². The quantitative estimate of drug-likeness (QED) is 0.491. The van der Waals surface area contributed by atoms with Crippen molar-refractivity contribution >= 4 is 0 Å². The molecule has 86 valence electrons. The lowest BCUT2D eigenvalue weighted by atomic mass is 10.1. The van der Waals surface area contributed by atoms with Crippen LogP contribution in [0, 0.1) is 0 Å². The van der Waals surface area contributed by atoms with E-state index in [9.17, 15) is 10.2 Å². The van der Waals surface area contributed by atoms with E-state index in [1.807, 2.05) is 0 Å². The Labute approximate surface area is 87.7 Å². The van der Waals surface area contributed by atoms with Gasteiger partial charge < -0.3 is 10.2 Å². The van der Waals surface area contributed by atoms with Gasteiger partial charge in [-0.05, 0) is 27.2 Å². The van der Waals surface area contributed by atoms with E-state index in [4.69, 9.17) is 0 Å². The van der Waals surface area contributed by atoms with Crippen LogP contribution in [0.2, 0.25) is 0 Å². The van der Waals surface area contributed by atoms with Gasteiger partial charge in [0.1, 0.15) is 12.0 Å². The van der Waals surface area contributed by atoms with Crippen molar-refractivity contribution < 1.29 is 10.2 Å². The molecule has 0 spiro atoms. The van der Waals surface area contributed by atoms with Crippen molar-refractivity contribution in [2.24, 2.45) is 0 Å². The predicted molar refractivity (Wildman–Crippen MR) is 58.8 cm³/mol. The highest BCUT2D eigenvalue weighted by atomic mass is 16.3. The molecule has 0 heterocycles. The van der Waals surface area contributed by atoms with Crippen molar-refractivity contribution in [3.05, 3.63) is 0 Å². The molecule has 2 N–H and O–H groups in total. The summed E-state index contributed by atoms with van der Waals surface area (Å²) in [5, 5.41) is 19.2.